The summed E-state index contributed by atoms with van der Waals surface area (Å²) in [4.78, 5) is 15.6. The number of benzene rings is 4. The number of carbonyl (C=O) groups excluding carboxylic acids is 1. The molecule has 0 spiro atoms. The van der Waals surface area contributed by atoms with Crippen LogP contribution in [-0.2, 0) is 30.4 Å². The molecule has 5 rings (SSSR count). The van der Waals surface area contributed by atoms with Gasteiger partial charge in [-0.1, -0.05) is 90.9 Å². The molecule has 1 aliphatic heterocycles. The van der Waals surface area contributed by atoms with Crippen LogP contribution in [0.5, 0.6) is 5.75 Å². The molecular weight excluding hydrogens is 671 g/mol. The number of unbranched alkanes of at least 4 members (excludes halogenated alkanes) is 1. The fraction of sp³-hybridized carbons (Fsp3) is 0.386. The number of nitrogens with zero attached hydrogens (tertiary/aromatic N) is 1. The number of ether oxygens (including phenoxy) is 2. The predicted octanol–water partition coefficient (Wildman–Crippen LogP) is 9.71. The Morgan fingerprint density at radius 1 is 0.846 bits per heavy atom. The Bertz CT molecular complexity index is 1950. The molecular formula is C44H53NO6S. The van der Waals surface area contributed by atoms with E-state index >= 15 is 0 Å². The molecule has 0 N–H and O–H groups in total. The van der Waals surface area contributed by atoms with Gasteiger partial charge in [0.15, 0.2) is 0 Å². The Balaban J connectivity index is 1.34. The van der Waals surface area contributed by atoms with Gasteiger partial charge in [-0.05, 0) is 125 Å². The largest absolute Gasteiger partial charge is 0.493 e. The molecule has 8 heteroatoms. The summed E-state index contributed by atoms with van der Waals surface area (Å²) in [5.74, 6) is 0.571. The van der Waals surface area contributed by atoms with Crippen LogP contribution in [0.2, 0.25) is 0 Å². The Hall–Kier alpha value is -4.24. The molecule has 0 aliphatic carbocycles. The van der Waals surface area contributed by atoms with Gasteiger partial charge in [0.1, 0.15) is 17.4 Å². The molecule has 1 saturated heterocycles. The summed E-state index contributed by atoms with van der Waals surface area (Å²) in [5, 5.41) is 0. The molecule has 0 amide bonds. The van der Waals surface area contributed by atoms with Gasteiger partial charge < -0.3 is 9.47 Å². The van der Waals surface area contributed by atoms with Gasteiger partial charge in [-0.15, -0.1) is 0 Å². The third-order valence-corrected chi connectivity index (χ3v) is 10.7. The molecule has 1 fully saturated rings. The van der Waals surface area contributed by atoms with Crippen molar-refractivity contribution in [3.63, 3.8) is 0 Å². The highest BCUT2D eigenvalue weighted by molar-refractivity contribution is 7.86. The first-order valence-corrected chi connectivity index (χ1v) is 19.7. The minimum absolute atomic E-state index is 0.0705. The van der Waals surface area contributed by atoms with Crippen LogP contribution in [-0.4, -0.2) is 50.7 Å². The zero-order chi connectivity index (χ0) is 37.3. The van der Waals surface area contributed by atoms with E-state index in [4.69, 9.17) is 13.7 Å². The second-order valence-corrected chi connectivity index (χ2v) is 16.3. The lowest BCUT2D eigenvalue weighted by Crippen LogP contribution is -2.46. The van der Waals surface area contributed by atoms with Crippen LogP contribution in [0.3, 0.4) is 0 Å². The van der Waals surface area contributed by atoms with E-state index in [1.807, 2.05) is 33.8 Å². The van der Waals surface area contributed by atoms with Crippen LogP contribution in [0.25, 0.3) is 23.3 Å². The van der Waals surface area contributed by atoms with E-state index in [0.717, 1.165) is 59.4 Å². The van der Waals surface area contributed by atoms with Crippen LogP contribution in [0.4, 0.5) is 0 Å². The standard InChI is InChI=1S/C44H53NO6S/c1-32-20-24-39(25-21-32)52(47,48)50-28-13-12-27-49-42-30-37(23-22-35-17-14-18-40(34(35)3)36-15-8-7-9-16-36)33(2)29-38(42)31-45-26-11-10-19-41(45)43(46)51-44(4,5)6/h7-9,14-18,20-25,29-30,41H,10-13,19,26-28,31H2,1-6H3/b23-22+. The van der Waals surface area contributed by atoms with Gasteiger partial charge in [0.05, 0.1) is 18.1 Å². The van der Waals surface area contributed by atoms with Crippen molar-refractivity contribution in [3.8, 4) is 16.9 Å². The molecule has 276 valence electrons. The number of aryl methyl sites for hydroxylation is 2. The first kappa shape index (κ1) is 39.0. The van der Waals surface area contributed by atoms with Crippen molar-refractivity contribution in [2.45, 2.75) is 96.7 Å². The zero-order valence-corrected chi connectivity index (χ0v) is 32.3. The second-order valence-electron chi connectivity index (χ2n) is 14.7. The Kier molecular flexibility index (Phi) is 13.1. The molecule has 0 aromatic heterocycles. The number of carbonyl (C=O) groups is 1. The molecule has 0 bridgehead atoms. The molecule has 1 atom stereocenters. The summed E-state index contributed by atoms with van der Waals surface area (Å²) in [5.41, 5.74) is 8.32. The normalized spacial score (nSPS) is 15.5. The van der Waals surface area contributed by atoms with Crippen LogP contribution in [0.15, 0.2) is 89.8 Å². The maximum Gasteiger partial charge on any atom is 0.323 e. The SMILES string of the molecule is Cc1ccc(S(=O)(=O)OCCCCOc2cc(/C=C/c3cccc(-c4ccccc4)c3C)c(C)cc2CN2CCCCC2C(=O)OC(C)(C)C)cc1. The van der Waals surface area contributed by atoms with Crippen molar-refractivity contribution in [2.24, 2.45) is 0 Å². The van der Waals surface area contributed by atoms with E-state index in [9.17, 15) is 13.2 Å². The van der Waals surface area contributed by atoms with Crippen molar-refractivity contribution in [1.29, 1.82) is 0 Å². The topological polar surface area (TPSA) is 82.1 Å². The lowest BCUT2D eigenvalue weighted by molar-refractivity contribution is -0.163. The van der Waals surface area contributed by atoms with E-state index in [-0.39, 0.29) is 23.5 Å². The van der Waals surface area contributed by atoms with E-state index in [1.165, 1.54) is 16.7 Å². The lowest BCUT2D eigenvalue weighted by atomic mass is 9.95. The molecule has 1 aliphatic rings. The minimum atomic E-state index is -3.82. The maximum atomic E-state index is 13.3. The first-order chi connectivity index (χ1) is 24.8. The third kappa shape index (κ3) is 10.7. The number of piperidine rings is 1. The summed E-state index contributed by atoms with van der Waals surface area (Å²) in [7, 11) is -3.82. The van der Waals surface area contributed by atoms with Gasteiger partial charge in [0.25, 0.3) is 10.1 Å². The maximum absolute atomic E-state index is 13.3. The molecule has 7 nitrogen and oxygen atoms in total. The lowest BCUT2D eigenvalue weighted by Gasteiger charge is -2.36. The van der Waals surface area contributed by atoms with Crippen molar-refractivity contribution >= 4 is 28.2 Å². The summed E-state index contributed by atoms with van der Waals surface area (Å²) in [6.45, 7) is 13.7. The third-order valence-electron chi connectivity index (χ3n) is 9.36. The fourth-order valence-electron chi connectivity index (χ4n) is 6.51. The second kappa shape index (κ2) is 17.5. The van der Waals surface area contributed by atoms with E-state index in [0.29, 0.717) is 26.0 Å². The van der Waals surface area contributed by atoms with Crippen molar-refractivity contribution < 1.29 is 26.9 Å². The van der Waals surface area contributed by atoms with Gasteiger partial charge in [-0.25, -0.2) is 0 Å². The zero-order valence-electron chi connectivity index (χ0n) is 31.5. The summed E-state index contributed by atoms with van der Waals surface area (Å²) >= 11 is 0. The number of hydrogen-bond acceptors (Lipinski definition) is 7. The van der Waals surface area contributed by atoms with Gasteiger partial charge in [0.2, 0.25) is 0 Å². The van der Waals surface area contributed by atoms with Crippen LogP contribution in [0, 0.1) is 20.8 Å². The Labute approximate surface area is 310 Å². The summed E-state index contributed by atoms with van der Waals surface area (Å²) in [6.07, 6.45) is 8.18. The first-order valence-electron chi connectivity index (χ1n) is 18.3. The molecule has 0 radical (unpaired) electrons. The van der Waals surface area contributed by atoms with Gasteiger partial charge in [0, 0.05) is 12.1 Å². The quantitative estimate of drug-likeness (QED) is 0.0555. The van der Waals surface area contributed by atoms with Crippen molar-refractivity contribution in [1.82, 2.24) is 4.90 Å². The smallest absolute Gasteiger partial charge is 0.323 e. The van der Waals surface area contributed by atoms with Gasteiger partial charge in [-0.2, -0.15) is 8.42 Å². The molecule has 4 aromatic rings. The highest BCUT2D eigenvalue weighted by atomic mass is 32.2. The van der Waals surface area contributed by atoms with Crippen molar-refractivity contribution in [2.75, 3.05) is 19.8 Å². The van der Waals surface area contributed by atoms with Crippen LogP contribution in [0.1, 0.15) is 86.3 Å². The van der Waals surface area contributed by atoms with Crippen LogP contribution < -0.4 is 4.74 Å². The van der Waals surface area contributed by atoms with E-state index < -0.39 is 15.7 Å². The van der Waals surface area contributed by atoms with Gasteiger partial charge in [-0.3, -0.25) is 13.9 Å². The van der Waals surface area contributed by atoms with Crippen molar-refractivity contribution in [3.05, 3.63) is 118 Å². The highest BCUT2D eigenvalue weighted by Gasteiger charge is 2.33. The molecule has 1 unspecified atom stereocenters. The van der Waals surface area contributed by atoms with E-state index in [2.05, 4.69) is 85.5 Å². The Morgan fingerprint density at radius 3 is 2.29 bits per heavy atom. The average molecular weight is 724 g/mol. The average Bonchev–Trinajstić information content (AvgIpc) is 3.10. The predicted molar refractivity (Wildman–Crippen MR) is 210 cm³/mol. The minimum Gasteiger partial charge on any atom is -0.493 e. The Morgan fingerprint density at radius 2 is 1.56 bits per heavy atom. The summed E-state index contributed by atoms with van der Waals surface area (Å²) < 4.78 is 42.8. The molecule has 0 saturated carbocycles. The van der Waals surface area contributed by atoms with E-state index in [1.54, 1.807) is 24.3 Å². The van der Waals surface area contributed by atoms with Gasteiger partial charge >= 0.3 is 5.97 Å². The highest BCUT2D eigenvalue weighted by Crippen LogP contribution is 2.31. The number of hydrogen-bond donors (Lipinski definition) is 0. The molecule has 4 aromatic carbocycles. The molecule has 1 heterocycles. The van der Waals surface area contributed by atoms with Crippen LogP contribution >= 0.6 is 0 Å². The fourth-order valence-corrected chi connectivity index (χ4v) is 7.45. The number of esters is 1. The summed E-state index contributed by atoms with van der Waals surface area (Å²) in [6, 6.07) is 27.4. The number of rotatable bonds is 14. The number of likely N-dealkylation sites (tertiary alicyclic amines) is 1. The monoisotopic (exact) mass is 723 g/mol. The molecule has 52 heavy (non-hydrogen) atoms.